The summed E-state index contributed by atoms with van der Waals surface area (Å²) < 4.78 is 5.16. The number of nitrogens with zero attached hydrogens (tertiary/aromatic N) is 1. The third-order valence-corrected chi connectivity index (χ3v) is 1.58. The van der Waals surface area contributed by atoms with Crippen LogP contribution in [0.25, 0.3) is 0 Å². The fourth-order valence-electron chi connectivity index (χ4n) is 0.535. The van der Waals surface area contributed by atoms with Gasteiger partial charge in [0.15, 0.2) is 0 Å². The molecule has 0 aromatic carbocycles. The molecule has 0 heterocycles. The monoisotopic (exact) mass is 174 g/mol. The van der Waals surface area contributed by atoms with Crippen LogP contribution in [0.3, 0.4) is 0 Å². The van der Waals surface area contributed by atoms with Crippen LogP contribution in [-0.2, 0) is 9.53 Å². The average Bonchev–Trinajstić information content (AvgIpc) is 2.03. The number of hydrogen-bond donors (Lipinski definition) is 1. The first kappa shape index (κ1) is 11.4. The van der Waals surface area contributed by atoms with Crippen molar-refractivity contribution >= 4 is 5.91 Å². The normalized spacial score (nSPS) is 12.7. The van der Waals surface area contributed by atoms with Crippen molar-refractivity contribution in [3.05, 3.63) is 0 Å². The molecule has 0 aliphatic rings. The molecule has 72 valence electrons. The van der Waals surface area contributed by atoms with Crippen LogP contribution < -0.4 is 5.32 Å². The number of amides is 1. The Kier molecular flexibility index (Phi) is 5.66. The molecule has 0 unspecified atom stereocenters. The van der Waals surface area contributed by atoms with Gasteiger partial charge in [-0.05, 0) is 14.0 Å². The highest BCUT2D eigenvalue weighted by Gasteiger charge is 2.04. The molecule has 0 aliphatic carbocycles. The predicted molar refractivity (Wildman–Crippen MR) is 48.0 cm³/mol. The highest BCUT2D eigenvalue weighted by atomic mass is 16.5. The molecule has 0 fully saturated rings. The molecule has 1 N–H and O–H groups in total. The predicted octanol–water partition coefficient (Wildman–Crippen LogP) is -0.301. The lowest BCUT2D eigenvalue weighted by atomic mass is 10.4. The first-order valence-corrected chi connectivity index (χ1v) is 4.03. The number of likely N-dealkylation sites (N-methyl/N-ethyl adjacent to an activating group) is 2. The van der Waals surface area contributed by atoms with Gasteiger partial charge in [-0.3, -0.25) is 4.79 Å². The molecule has 0 bridgehead atoms. The number of carbonyl (C=O) groups is 1. The van der Waals surface area contributed by atoms with Crippen LogP contribution in [0, 0.1) is 0 Å². The minimum Gasteiger partial charge on any atom is -0.370 e. The third kappa shape index (κ3) is 5.09. The van der Waals surface area contributed by atoms with Gasteiger partial charge in [0.1, 0.15) is 6.61 Å². The van der Waals surface area contributed by atoms with E-state index in [2.05, 4.69) is 5.32 Å². The molecule has 0 aliphatic heterocycles. The molecule has 4 nitrogen and oxygen atoms in total. The molecular formula is C8H18N2O2. The lowest BCUT2D eigenvalue weighted by Crippen LogP contribution is -2.31. The molecule has 0 spiro atoms. The van der Waals surface area contributed by atoms with Crippen LogP contribution in [-0.4, -0.2) is 51.2 Å². The quantitative estimate of drug-likeness (QED) is 0.622. The molecule has 4 heteroatoms. The van der Waals surface area contributed by atoms with E-state index in [1.54, 1.807) is 14.1 Å². The van der Waals surface area contributed by atoms with Gasteiger partial charge in [0.25, 0.3) is 0 Å². The van der Waals surface area contributed by atoms with E-state index < -0.39 is 0 Å². The van der Waals surface area contributed by atoms with E-state index >= 15 is 0 Å². The summed E-state index contributed by atoms with van der Waals surface area (Å²) in [6.45, 7) is 2.73. The maximum Gasteiger partial charge on any atom is 0.248 e. The summed E-state index contributed by atoms with van der Waals surface area (Å²) in [5.41, 5.74) is 0. The Morgan fingerprint density at radius 1 is 1.58 bits per heavy atom. The molecule has 0 aromatic rings. The molecule has 1 amide bonds. The zero-order valence-corrected chi connectivity index (χ0v) is 8.26. The Hall–Kier alpha value is -0.610. The first-order chi connectivity index (χ1) is 5.57. The van der Waals surface area contributed by atoms with Crippen LogP contribution in [0.15, 0.2) is 0 Å². The summed E-state index contributed by atoms with van der Waals surface area (Å²) in [5.74, 6) is -0.00157. The second kappa shape index (κ2) is 5.97. The Morgan fingerprint density at radius 2 is 2.17 bits per heavy atom. The van der Waals surface area contributed by atoms with Crippen molar-refractivity contribution < 1.29 is 9.53 Å². The van der Waals surface area contributed by atoms with Crippen molar-refractivity contribution in [2.24, 2.45) is 0 Å². The molecule has 1 atom stereocenters. The van der Waals surface area contributed by atoms with Gasteiger partial charge in [-0.2, -0.15) is 0 Å². The molecular weight excluding hydrogens is 156 g/mol. The number of ether oxygens (including phenoxy) is 1. The van der Waals surface area contributed by atoms with Gasteiger partial charge in [0.05, 0.1) is 6.61 Å². The van der Waals surface area contributed by atoms with Gasteiger partial charge < -0.3 is 15.0 Å². The highest BCUT2D eigenvalue weighted by Crippen LogP contribution is 1.85. The maximum absolute atomic E-state index is 11.0. The Balaban J connectivity index is 3.37. The highest BCUT2D eigenvalue weighted by molar-refractivity contribution is 5.76. The summed E-state index contributed by atoms with van der Waals surface area (Å²) in [6, 6.07) is 0.292. The van der Waals surface area contributed by atoms with Gasteiger partial charge in [-0.1, -0.05) is 0 Å². The standard InChI is InChI=1S/C8H18N2O2/c1-7(9-2)5-12-6-8(11)10(3)4/h7,9H,5-6H2,1-4H3/t7-/m0/s1. The number of carbonyl (C=O) groups excluding carboxylic acids is 1. The van der Waals surface area contributed by atoms with Crippen LogP contribution in [0.1, 0.15) is 6.92 Å². The minimum atomic E-state index is -0.00157. The Labute approximate surface area is 73.9 Å². The number of nitrogens with one attached hydrogen (secondary N) is 1. The van der Waals surface area contributed by atoms with Crippen LogP contribution in [0.2, 0.25) is 0 Å². The second-order valence-corrected chi connectivity index (χ2v) is 2.99. The Bertz CT molecular complexity index is 137. The van der Waals surface area contributed by atoms with Crippen LogP contribution in [0.4, 0.5) is 0 Å². The van der Waals surface area contributed by atoms with E-state index in [0.29, 0.717) is 12.6 Å². The molecule has 0 aromatic heterocycles. The van der Waals surface area contributed by atoms with Crippen LogP contribution >= 0.6 is 0 Å². The molecule has 0 rings (SSSR count). The summed E-state index contributed by atoms with van der Waals surface area (Å²) in [6.07, 6.45) is 0. The van der Waals surface area contributed by atoms with E-state index in [-0.39, 0.29) is 12.5 Å². The topological polar surface area (TPSA) is 41.6 Å². The molecule has 0 radical (unpaired) electrons. The number of hydrogen-bond acceptors (Lipinski definition) is 3. The van der Waals surface area contributed by atoms with Crippen LogP contribution in [0.5, 0.6) is 0 Å². The molecule has 0 saturated heterocycles. The van der Waals surface area contributed by atoms with E-state index in [1.807, 2.05) is 14.0 Å². The smallest absolute Gasteiger partial charge is 0.248 e. The van der Waals surface area contributed by atoms with Gasteiger partial charge >= 0.3 is 0 Å². The summed E-state index contributed by atoms with van der Waals surface area (Å²) in [7, 11) is 5.29. The fraction of sp³-hybridized carbons (Fsp3) is 0.875. The number of rotatable bonds is 5. The lowest BCUT2D eigenvalue weighted by molar-refractivity contribution is -0.133. The first-order valence-electron chi connectivity index (χ1n) is 4.03. The van der Waals surface area contributed by atoms with Gasteiger partial charge in [0.2, 0.25) is 5.91 Å². The molecule has 0 saturated carbocycles. The Morgan fingerprint density at radius 3 is 2.58 bits per heavy atom. The van der Waals surface area contributed by atoms with E-state index in [4.69, 9.17) is 4.74 Å². The van der Waals surface area contributed by atoms with Crippen molar-refractivity contribution in [3.63, 3.8) is 0 Å². The van der Waals surface area contributed by atoms with Gasteiger partial charge in [-0.25, -0.2) is 0 Å². The van der Waals surface area contributed by atoms with Gasteiger partial charge in [0, 0.05) is 20.1 Å². The second-order valence-electron chi connectivity index (χ2n) is 2.99. The minimum absolute atomic E-state index is 0.00157. The summed E-state index contributed by atoms with van der Waals surface area (Å²) in [4.78, 5) is 12.5. The fourth-order valence-corrected chi connectivity index (χ4v) is 0.535. The van der Waals surface area contributed by atoms with Crippen molar-refractivity contribution in [1.82, 2.24) is 10.2 Å². The van der Waals surface area contributed by atoms with Gasteiger partial charge in [-0.15, -0.1) is 0 Å². The SMILES string of the molecule is CN[C@@H](C)COCC(=O)N(C)C. The third-order valence-electron chi connectivity index (χ3n) is 1.58. The lowest BCUT2D eigenvalue weighted by Gasteiger charge is -2.13. The summed E-state index contributed by atoms with van der Waals surface area (Å²) in [5, 5.41) is 3.02. The maximum atomic E-state index is 11.0. The zero-order valence-electron chi connectivity index (χ0n) is 8.26. The average molecular weight is 174 g/mol. The van der Waals surface area contributed by atoms with E-state index in [0.717, 1.165) is 0 Å². The van der Waals surface area contributed by atoms with E-state index in [9.17, 15) is 4.79 Å². The van der Waals surface area contributed by atoms with Crippen molar-refractivity contribution in [3.8, 4) is 0 Å². The zero-order chi connectivity index (χ0) is 9.56. The largest absolute Gasteiger partial charge is 0.370 e. The summed E-state index contributed by atoms with van der Waals surface area (Å²) >= 11 is 0. The van der Waals surface area contributed by atoms with Crippen molar-refractivity contribution in [2.75, 3.05) is 34.4 Å². The van der Waals surface area contributed by atoms with Crippen molar-refractivity contribution in [2.45, 2.75) is 13.0 Å². The molecule has 12 heavy (non-hydrogen) atoms. The van der Waals surface area contributed by atoms with E-state index in [1.165, 1.54) is 4.90 Å². The van der Waals surface area contributed by atoms with Crippen molar-refractivity contribution in [1.29, 1.82) is 0 Å².